The van der Waals surface area contributed by atoms with Gasteiger partial charge in [-0.25, -0.2) is 17.2 Å². The third-order valence-electron chi connectivity index (χ3n) is 4.20. The molecule has 14 heteroatoms. The van der Waals surface area contributed by atoms with Crippen LogP contribution in [0.4, 0.5) is 22.0 Å². The molecule has 30 heavy (non-hydrogen) atoms. The number of ether oxygens (including phenoxy) is 1. The van der Waals surface area contributed by atoms with Crippen LogP contribution in [0.1, 0.15) is 12.8 Å². The Kier molecular flexibility index (Phi) is 10.00. The number of guanidine groups is 1. The van der Waals surface area contributed by atoms with E-state index in [2.05, 4.69) is 15.6 Å². The van der Waals surface area contributed by atoms with Crippen molar-refractivity contribution in [2.75, 3.05) is 33.3 Å². The highest BCUT2D eigenvalue weighted by atomic mass is 127. The Hall–Kier alpha value is -1.42. The minimum absolute atomic E-state index is 0. The van der Waals surface area contributed by atoms with Crippen LogP contribution < -0.4 is 15.4 Å². The Morgan fingerprint density at radius 2 is 1.90 bits per heavy atom. The monoisotopic (exact) mass is 572 g/mol. The van der Waals surface area contributed by atoms with Crippen LogP contribution in [0.5, 0.6) is 5.75 Å². The van der Waals surface area contributed by atoms with Crippen molar-refractivity contribution in [3.63, 3.8) is 0 Å². The lowest BCUT2D eigenvalue weighted by Crippen LogP contribution is -2.52. The van der Waals surface area contributed by atoms with Crippen LogP contribution in [0.25, 0.3) is 0 Å². The second-order valence-electron chi connectivity index (χ2n) is 6.19. The molecule has 1 aliphatic rings. The first-order chi connectivity index (χ1) is 13.5. The van der Waals surface area contributed by atoms with E-state index in [0.717, 1.165) is 6.07 Å². The molecule has 0 bridgehead atoms. The van der Waals surface area contributed by atoms with E-state index in [1.807, 2.05) is 0 Å². The predicted octanol–water partition coefficient (Wildman–Crippen LogP) is 2.44. The molecule has 0 aliphatic carbocycles. The minimum Gasteiger partial charge on any atom is -0.489 e. The number of halogens is 6. The van der Waals surface area contributed by atoms with Gasteiger partial charge in [-0.1, -0.05) is 0 Å². The zero-order valence-corrected chi connectivity index (χ0v) is 19.0. The topological polar surface area (TPSA) is 83.0 Å². The summed E-state index contributed by atoms with van der Waals surface area (Å²) in [6.07, 6.45) is 0.348. The molecular formula is C16H22F5IN4O3S. The van der Waals surface area contributed by atoms with E-state index >= 15 is 0 Å². The molecule has 2 N–H and O–H groups in total. The summed E-state index contributed by atoms with van der Waals surface area (Å²) in [5.41, 5.74) is -5.31. The standard InChI is InChI=1S/C16H21F5N4O3S.HI/c1-22-15(23-6-9-28-14-3-2-11(17)10-13(14)18)24-12-4-7-25(8-5-12)29(26,27)16(19,20)21;/h2-3,10,12H,4-9H2,1H3,(H2,22,23,24);1H. The molecule has 1 aromatic carbocycles. The molecule has 1 aliphatic heterocycles. The van der Waals surface area contributed by atoms with Gasteiger partial charge in [-0.15, -0.1) is 24.0 Å². The summed E-state index contributed by atoms with van der Waals surface area (Å²) in [6, 6.07) is 2.67. The lowest BCUT2D eigenvalue weighted by Gasteiger charge is -2.32. The molecule has 0 spiro atoms. The summed E-state index contributed by atoms with van der Waals surface area (Å²) in [6.45, 7) is -0.254. The fourth-order valence-corrected chi connectivity index (χ4v) is 3.68. The third-order valence-corrected chi connectivity index (χ3v) is 5.83. The second-order valence-corrected chi connectivity index (χ2v) is 8.12. The summed E-state index contributed by atoms with van der Waals surface area (Å²) < 4.78 is 92.5. The molecule has 2 rings (SSSR count). The highest BCUT2D eigenvalue weighted by Crippen LogP contribution is 2.28. The van der Waals surface area contributed by atoms with Crippen molar-refractivity contribution in [3.8, 4) is 5.75 Å². The number of rotatable bonds is 6. The van der Waals surface area contributed by atoms with Gasteiger partial charge in [0.25, 0.3) is 0 Å². The van der Waals surface area contributed by atoms with Crippen LogP contribution in [0, 0.1) is 11.6 Å². The number of hydrogen-bond acceptors (Lipinski definition) is 4. The zero-order valence-electron chi connectivity index (χ0n) is 15.9. The maximum absolute atomic E-state index is 13.5. The Labute approximate surface area is 188 Å². The Bertz CT molecular complexity index is 831. The Balaban J connectivity index is 0.00000450. The van der Waals surface area contributed by atoms with Crippen molar-refractivity contribution >= 4 is 40.0 Å². The van der Waals surface area contributed by atoms with E-state index in [1.54, 1.807) is 0 Å². The van der Waals surface area contributed by atoms with Crippen LogP contribution in [0.2, 0.25) is 0 Å². The average molecular weight is 572 g/mol. The molecule has 1 fully saturated rings. The number of nitrogens with zero attached hydrogens (tertiary/aromatic N) is 2. The fraction of sp³-hybridized carbons (Fsp3) is 0.562. The van der Waals surface area contributed by atoms with Crippen molar-refractivity contribution in [3.05, 3.63) is 29.8 Å². The number of sulfonamides is 1. The van der Waals surface area contributed by atoms with Gasteiger partial charge in [-0.2, -0.15) is 17.5 Å². The van der Waals surface area contributed by atoms with Gasteiger partial charge in [-0.05, 0) is 25.0 Å². The van der Waals surface area contributed by atoms with E-state index in [-0.39, 0.29) is 74.9 Å². The molecule has 0 radical (unpaired) electrons. The van der Waals surface area contributed by atoms with Gasteiger partial charge < -0.3 is 15.4 Å². The number of aliphatic imine (C=N–C) groups is 1. The molecule has 0 saturated carbocycles. The summed E-state index contributed by atoms with van der Waals surface area (Å²) in [5, 5.41) is 5.88. The highest BCUT2D eigenvalue weighted by Gasteiger charge is 2.50. The van der Waals surface area contributed by atoms with Crippen LogP contribution in [-0.4, -0.2) is 63.5 Å². The SMILES string of the molecule is CN=C(NCCOc1ccc(F)cc1F)NC1CCN(S(=O)(=O)C(F)(F)F)CC1.I. The molecule has 172 valence electrons. The van der Waals surface area contributed by atoms with Gasteiger partial charge in [0.1, 0.15) is 12.4 Å². The van der Waals surface area contributed by atoms with Crippen molar-refractivity contribution in [1.29, 1.82) is 0 Å². The van der Waals surface area contributed by atoms with Crippen LogP contribution in [0.15, 0.2) is 23.2 Å². The quantitative estimate of drug-likeness (QED) is 0.180. The Morgan fingerprint density at radius 3 is 2.43 bits per heavy atom. The summed E-state index contributed by atoms with van der Waals surface area (Å²) in [7, 11) is -3.83. The number of hydrogen-bond donors (Lipinski definition) is 2. The first-order valence-electron chi connectivity index (χ1n) is 8.66. The number of benzene rings is 1. The van der Waals surface area contributed by atoms with E-state index in [4.69, 9.17) is 4.74 Å². The minimum atomic E-state index is -5.32. The van der Waals surface area contributed by atoms with Crippen LogP contribution >= 0.6 is 24.0 Å². The van der Waals surface area contributed by atoms with Gasteiger partial charge in [0.15, 0.2) is 17.5 Å². The molecule has 0 amide bonds. The molecule has 7 nitrogen and oxygen atoms in total. The maximum atomic E-state index is 13.5. The van der Waals surface area contributed by atoms with Crippen molar-refractivity contribution < 1.29 is 35.1 Å². The lowest BCUT2D eigenvalue weighted by molar-refractivity contribution is -0.0494. The maximum Gasteiger partial charge on any atom is 0.511 e. The van der Waals surface area contributed by atoms with Crippen LogP contribution in [-0.2, 0) is 10.0 Å². The lowest BCUT2D eigenvalue weighted by atomic mass is 10.1. The number of piperidine rings is 1. The first kappa shape index (κ1) is 26.6. The zero-order chi connectivity index (χ0) is 21.7. The first-order valence-corrected chi connectivity index (χ1v) is 10.1. The largest absolute Gasteiger partial charge is 0.511 e. The van der Waals surface area contributed by atoms with Crippen molar-refractivity contribution in [2.45, 2.75) is 24.4 Å². The normalized spacial score (nSPS) is 16.7. The van der Waals surface area contributed by atoms with Gasteiger partial charge in [0.05, 0.1) is 6.54 Å². The molecule has 0 unspecified atom stereocenters. The van der Waals surface area contributed by atoms with Crippen LogP contribution in [0.3, 0.4) is 0 Å². The highest BCUT2D eigenvalue weighted by molar-refractivity contribution is 14.0. The van der Waals surface area contributed by atoms with Crippen molar-refractivity contribution in [1.82, 2.24) is 14.9 Å². The summed E-state index contributed by atoms with van der Waals surface area (Å²) >= 11 is 0. The van der Waals surface area contributed by atoms with E-state index in [0.29, 0.717) is 16.3 Å². The van der Waals surface area contributed by atoms with Gasteiger partial charge in [0, 0.05) is 32.2 Å². The fourth-order valence-electron chi connectivity index (χ4n) is 2.70. The van der Waals surface area contributed by atoms with E-state index in [9.17, 15) is 30.4 Å². The molecule has 1 heterocycles. The van der Waals surface area contributed by atoms with Gasteiger partial charge in [0.2, 0.25) is 0 Å². The van der Waals surface area contributed by atoms with Gasteiger partial charge in [-0.3, -0.25) is 4.99 Å². The molecular weight excluding hydrogens is 550 g/mol. The molecule has 1 aromatic rings. The Morgan fingerprint density at radius 1 is 1.27 bits per heavy atom. The summed E-state index contributed by atoms with van der Waals surface area (Å²) in [4.78, 5) is 3.97. The predicted molar refractivity (Wildman–Crippen MR) is 111 cm³/mol. The van der Waals surface area contributed by atoms with Crippen molar-refractivity contribution in [2.24, 2.45) is 4.99 Å². The number of nitrogens with one attached hydrogen (secondary N) is 2. The van der Waals surface area contributed by atoms with Gasteiger partial charge >= 0.3 is 15.5 Å². The molecule has 0 atom stereocenters. The average Bonchev–Trinajstić information content (AvgIpc) is 2.65. The molecule has 1 saturated heterocycles. The molecule has 0 aromatic heterocycles. The second kappa shape index (κ2) is 11.3. The third kappa shape index (κ3) is 7.08. The number of alkyl halides is 3. The summed E-state index contributed by atoms with van der Waals surface area (Å²) in [5.74, 6) is -1.31. The van der Waals surface area contributed by atoms with E-state index in [1.165, 1.54) is 13.1 Å². The smallest absolute Gasteiger partial charge is 0.489 e. The van der Waals surface area contributed by atoms with E-state index < -0.39 is 27.2 Å².